The first kappa shape index (κ1) is 11.5. The van der Waals surface area contributed by atoms with E-state index in [0.717, 1.165) is 10.3 Å². The summed E-state index contributed by atoms with van der Waals surface area (Å²) in [4.78, 5) is 15.4. The molecule has 82 valence electrons. The Morgan fingerprint density at radius 2 is 2.12 bits per heavy atom. The molecular formula is C11H8Br2N2O. The van der Waals surface area contributed by atoms with Crippen LogP contribution in [0.4, 0.5) is 0 Å². The number of Topliss-reactive ketones (excluding diaryl/α,β-unsaturated/α-hetero) is 1. The van der Waals surface area contributed by atoms with Gasteiger partial charge in [-0.15, -0.1) is 0 Å². The number of ketones is 1. The molecule has 16 heavy (non-hydrogen) atoms. The molecule has 0 atom stereocenters. The Hall–Kier alpha value is -0.940. The molecule has 0 radical (unpaired) electrons. The second-order valence-electron chi connectivity index (χ2n) is 3.31. The highest BCUT2D eigenvalue weighted by Gasteiger charge is 2.07. The topological polar surface area (TPSA) is 34.9 Å². The van der Waals surface area contributed by atoms with E-state index in [-0.39, 0.29) is 5.78 Å². The van der Waals surface area contributed by atoms with Crippen molar-refractivity contribution in [3.05, 3.63) is 45.4 Å². The quantitative estimate of drug-likeness (QED) is 0.781. The molecule has 0 aliphatic carbocycles. The largest absolute Gasteiger partial charge is 0.295 e. The molecule has 0 N–H and O–H groups in total. The van der Waals surface area contributed by atoms with Crippen LogP contribution in [-0.4, -0.2) is 15.3 Å². The van der Waals surface area contributed by atoms with Gasteiger partial charge >= 0.3 is 0 Å². The van der Waals surface area contributed by atoms with Gasteiger partial charge in [0.1, 0.15) is 4.60 Å². The van der Waals surface area contributed by atoms with Crippen molar-refractivity contribution < 1.29 is 4.79 Å². The predicted molar refractivity (Wildman–Crippen MR) is 69.0 cm³/mol. The number of carbonyl (C=O) groups is 1. The first-order chi connectivity index (χ1) is 7.58. The summed E-state index contributed by atoms with van der Waals surface area (Å²) < 4.78 is 3.30. The second-order valence-corrected chi connectivity index (χ2v) is 4.83. The van der Waals surface area contributed by atoms with E-state index >= 15 is 0 Å². The molecule has 1 heterocycles. The highest BCUT2D eigenvalue weighted by Crippen LogP contribution is 2.21. The van der Waals surface area contributed by atoms with Crippen LogP contribution in [-0.2, 0) is 0 Å². The van der Waals surface area contributed by atoms with Crippen molar-refractivity contribution in [3.8, 4) is 5.69 Å². The Kier molecular flexibility index (Phi) is 3.25. The van der Waals surface area contributed by atoms with Crippen LogP contribution in [0.1, 0.15) is 17.3 Å². The van der Waals surface area contributed by atoms with Gasteiger partial charge in [-0.3, -0.25) is 9.36 Å². The van der Waals surface area contributed by atoms with Gasteiger partial charge in [-0.25, -0.2) is 4.98 Å². The molecule has 0 saturated carbocycles. The van der Waals surface area contributed by atoms with Crippen LogP contribution >= 0.6 is 31.9 Å². The molecular weight excluding hydrogens is 336 g/mol. The zero-order chi connectivity index (χ0) is 11.7. The first-order valence-corrected chi connectivity index (χ1v) is 6.18. The molecule has 0 fully saturated rings. The van der Waals surface area contributed by atoms with E-state index < -0.39 is 0 Å². The number of halogens is 2. The summed E-state index contributed by atoms with van der Waals surface area (Å²) in [7, 11) is 0. The lowest BCUT2D eigenvalue weighted by atomic mass is 10.1. The number of benzene rings is 1. The van der Waals surface area contributed by atoms with Gasteiger partial charge in [0.05, 0.1) is 0 Å². The van der Waals surface area contributed by atoms with Crippen molar-refractivity contribution in [3.63, 3.8) is 0 Å². The van der Waals surface area contributed by atoms with E-state index in [1.807, 2.05) is 29.0 Å². The van der Waals surface area contributed by atoms with Crippen LogP contribution in [0, 0.1) is 0 Å². The predicted octanol–water partition coefficient (Wildman–Crippen LogP) is 3.60. The number of hydrogen-bond acceptors (Lipinski definition) is 2. The third kappa shape index (κ3) is 2.25. The maximum atomic E-state index is 11.3. The number of rotatable bonds is 2. The highest BCUT2D eigenvalue weighted by molar-refractivity contribution is 9.11. The molecule has 1 aromatic heterocycles. The third-order valence-corrected chi connectivity index (χ3v) is 3.11. The maximum Gasteiger partial charge on any atom is 0.182 e. The van der Waals surface area contributed by atoms with Crippen molar-refractivity contribution in [1.29, 1.82) is 0 Å². The monoisotopic (exact) mass is 342 g/mol. The van der Waals surface area contributed by atoms with Crippen LogP contribution in [0.25, 0.3) is 5.69 Å². The minimum atomic E-state index is 0.0529. The zero-order valence-corrected chi connectivity index (χ0v) is 11.6. The Bertz CT molecular complexity index is 549. The molecule has 0 saturated heterocycles. The number of carbonyl (C=O) groups excluding carboxylic acids is 1. The lowest BCUT2D eigenvalue weighted by Gasteiger charge is -2.04. The average molecular weight is 344 g/mol. The molecule has 1 aromatic carbocycles. The molecule has 0 amide bonds. The minimum Gasteiger partial charge on any atom is -0.295 e. The fourth-order valence-corrected chi connectivity index (χ4v) is 2.50. The lowest BCUT2D eigenvalue weighted by molar-refractivity contribution is 0.101. The summed E-state index contributed by atoms with van der Waals surface area (Å²) in [5.74, 6) is 0.0529. The molecule has 0 aliphatic rings. The highest BCUT2D eigenvalue weighted by atomic mass is 79.9. The summed E-state index contributed by atoms with van der Waals surface area (Å²) >= 11 is 6.65. The molecule has 0 bridgehead atoms. The molecule has 5 heteroatoms. The third-order valence-electron chi connectivity index (χ3n) is 2.16. The van der Waals surface area contributed by atoms with Gasteiger partial charge in [0.15, 0.2) is 10.5 Å². The first-order valence-electron chi connectivity index (χ1n) is 4.59. The lowest BCUT2D eigenvalue weighted by Crippen LogP contribution is -1.97. The van der Waals surface area contributed by atoms with Crippen LogP contribution < -0.4 is 0 Å². The smallest absolute Gasteiger partial charge is 0.182 e. The van der Waals surface area contributed by atoms with Gasteiger partial charge in [0, 0.05) is 17.4 Å². The fourth-order valence-electron chi connectivity index (χ4n) is 1.39. The molecule has 2 aromatic rings. The SMILES string of the molecule is CC(=O)c1cccc(-n2cc(Br)nc2Br)c1. The van der Waals surface area contributed by atoms with Gasteiger partial charge in [0.25, 0.3) is 0 Å². The van der Waals surface area contributed by atoms with Crippen molar-refractivity contribution in [2.24, 2.45) is 0 Å². The van der Waals surface area contributed by atoms with E-state index in [0.29, 0.717) is 10.3 Å². The fraction of sp³-hybridized carbons (Fsp3) is 0.0909. The zero-order valence-electron chi connectivity index (χ0n) is 8.45. The van der Waals surface area contributed by atoms with Gasteiger partial charge in [-0.05, 0) is 50.9 Å². The summed E-state index contributed by atoms with van der Waals surface area (Å²) in [5, 5.41) is 0. The van der Waals surface area contributed by atoms with Crippen LogP contribution in [0.3, 0.4) is 0 Å². The summed E-state index contributed by atoms with van der Waals surface area (Å²) in [6.07, 6.45) is 1.84. The number of aromatic nitrogens is 2. The number of hydrogen-bond donors (Lipinski definition) is 0. The molecule has 0 aliphatic heterocycles. The summed E-state index contributed by atoms with van der Waals surface area (Å²) in [6, 6.07) is 7.41. The minimum absolute atomic E-state index is 0.0529. The number of nitrogens with zero attached hydrogens (tertiary/aromatic N) is 2. The van der Waals surface area contributed by atoms with Crippen molar-refractivity contribution >= 4 is 37.6 Å². The second kappa shape index (κ2) is 4.51. The standard InChI is InChI=1S/C11H8Br2N2O/c1-7(16)8-3-2-4-9(5-8)15-6-10(12)14-11(15)13/h2-6H,1H3. The van der Waals surface area contributed by atoms with Crippen molar-refractivity contribution in [1.82, 2.24) is 9.55 Å². The van der Waals surface area contributed by atoms with Crippen LogP contribution in [0.5, 0.6) is 0 Å². The van der Waals surface area contributed by atoms with E-state index in [1.165, 1.54) is 0 Å². The van der Waals surface area contributed by atoms with Gasteiger partial charge in [-0.1, -0.05) is 12.1 Å². The van der Waals surface area contributed by atoms with Gasteiger partial charge < -0.3 is 0 Å². The van der Waals surface area contributed by atoms with E-state index in [4.69, 9.17) is 0 Å². The number of imidazole rings is 1. The Labute approximate surface area is 110 Å². The summed E-state index contributed by atoms with van der Waals surface area (Å²) in [5.41, 5.74) is 1.59. The van der Waals surface area contributed by atoms with E-state index in [2.05, 4.69) is 36.8 Å². The van der Waals surface area contributed by atoms with Crippen LogP contribution in [0.2, 0.25) is 0 Å². The molecule has 3 nitrogen and oxygen atoms in total. The van der Waals surface area contributed by atoms with Gasteiger partial charge in [-0.2, -0.15) is 0 Å². The Morgan fingerprint density at radius 1 is 1.38 bits per heavy atom. The summed E-state index contributed by atoms with van der Waals surface area (Å²) in [6.45, 7) is 1.55. The van der Waals surface area contributed by atoms with Crippen LogP contribution in [0.15, 0.2) is 39.8 Å². The average Bonchev–Trinajstić information content (AvgIpc) is 2.58. The van der Waals surface area contributed by atoms with E-state index in [9.17, 15) is 4.79 Å². The maximum absolute atomic E-state index is 11.3. The van der Waals surface area contributed by atoms with Gasteiger partial charge in [0.2, 0.25) is 0 Å². The van der Waals surface area contributed by atoms with Crippen molar-refractivity contribution in [2.45, 2.75) is 6.92 Å². The Balaban J connectivity index is 2.52. The molecule has 0 unspecified atom stereocenters. The van der Waals surface area contributed by atoms with E-state index in [1.54, 1.807) is 13.0 Å². The normalized spacial score (nSPS) is 10.4. The Morgan fingerprint density at radius 3 is 2.69 bits per heavy atom. The molecule has 0 spiro atoms. The molecule has 2 rings (SSSR count). The van der Waals surface area contributed by atoms with Crippen molar-refractivity contribution in [2.75, 3.05) is 0 Å².